The number of anilines is 3. The van der Waals surface area contributed by atoms with Gasteiger partial charge in [0.1, 0.15) is 34.5 Å². The van der Waals surface area contributed by atoms with Crippen LogP contribution < -0.4 is 16.0 Å². The first-order valence-corrected chi connectivity index (χ1v) is 11.8. The number of aryl methyl sites for hydroxylation is 2. The summed E-state index contributed by atoms with van der Waals surface area (Å²) in [6, 6.07) is 8.44. The lowest BCUT2D eigenvalue weighted by Crippen LogP contribution is -2.38. The van der Waals surface area contributed by atoms with E-state index < -0.39 is 0 Å². The zero-order chi connectivity index (χ0) is 23.4. The van der Waals surface area contributed by atoms with E-state index in [1.54, 1.807) is 11.3 Å². The minimum atomic E-state index is 0.104. The van der Waals surface area contributed by atoms with Crippen molar-refractivity contribution in [1.82, 2.24) is 9.97 Å². The number of benzene rings is 1. The first kappa shape index (κ1) is 22.5. The van der Waals surface area contributed by atoms with Crippen molar-refractivity contribution in [3.8, 4) is 11.8 Å². The highest BCUT2D eigenvalue weighted by Crippen LogP contribution is 2.37. The van der Waals surface area contributed by atoms with E-state index in [-0.39, 0.29) is 11.5 Å². The summed E-state index contributed by atoms with van der Waals surface area (Å²) < 4.78 is 0. The summed E-state index contributed by atoms with van der Waals surface area (Å²) in [4.78, 5) is 15.7. The molecule has 1 aromatic carbocycles. The third-order valence-electron chi connectivity index (χ3n) is 5.53. The van der Waals surface area contributed by atoms with Crippen LogP contribution in [0.15, 0.2) is 41.0 Å². The number of nitrogens with zero attached hydrogens (tertiary/aromatic N) is 4. The molecule has 4 rings (SSSR count). The van der Waals surface area contributed by atoms with Crippen LogP contribution in [0.3, 0.4) is 0 Å². The molecule has 0 unspecified atom stereocenters. The predicted molar refractivity (Wildman–Crippen MR) is 138 cm³/mol. The number of thiophene rings is 1. The predicted octanol–water partition coefficient (Wildman–Crippen LogP) is 4.93. The average molecular weight is 458 g/mol. The van der Waals surface area contributed by atoms with Crippen LogP contribution in [-0.4, -0.2) is 28.1 Å². The van der Waals surface area contributed by atoms with Crippen molar-refractivity contribution in [3.63, 3.8) is 0 Å². The SMILES string of the molecule is CCC#CC(=N)c1c(N)ncnc1NCC1=Nc2scc(C)c2CN1c1ccccc1CC. The molecule has 7 nitrogen and oxygen atoms in total. The average Bonchev–Trinajstić information content (AvgIpc) is 3.20. The van der Waals surface area contributed by atoms with E-state index in [0.29, 0.717) is 24.3 Å². The summed E-state index contributed by atoms with van der Waals surface area (Å²) >= 11 is 1.66. The fourth-order valence-electron chi connectivity index (χ4n) is 3.78. The molecule has 8 heteroatoms. The van der Waals surface area contributed by atoms with Gasteiger partial charge in [0.2, 0.25) is 0 Å². The minimum absolute atomic E-state index is 0.104. The van der Waals surface area contributed by atoms with Gasteiger partial charge in [0.05, 0.1) is 18.7 Å². The van der Waals surface area contributed by atoms with Crippen molar-refractivity contribution in [2.45, 2.75) is 40.2 Å². The molecule has 0 bridgehead atoms. The monoisotopic (exact) mass is 457 g/mol. The molecule has 0 fully saturated rings. The van der Waals surface area contributed by atoms with Crippen LogP contribution in [-0.2, 0) is 13.0 Å². The molecule has 0 radical (unpaired) electrons. The van der Waals surface area contributed by atoms with Crippen LogP contribution in [0, 0.1) is 24.2 Å². The fourth-order valence-corrected chi connectivity index (χ4v) is 4.74. The number of nitrogens with one attached hydrogen (secondary N) is 2. The Morgan fingerprint density at radius 1 is 1.27 bits per heavy atom. The lowest BCUT2D eigenvalue weighted by Gasteiger charge is -2.31. The van der Waals surface area contributed by atoms with Crippen molar-refractivity contribution >= 4 is 45.2 Å². The van der Waals surface area contributed by atoms with Crippen LogP contribution >= 0.6 is 11.3 Å². The minimum Gasteiger partial charge on any atom is -0.383 e. The van der Waals surface area contributed by atoms with Crippen LogP contribution in [0.25, 0.3) is 0 Å². The van der Waals surface area contributed by atoms with Gasteiger partial charge in [0.25, 0.3) is 0 Å². The molecular weight excluding hydrogens is 430 g/mol. The van der Waals surface area contributed by atoms with Crippen molar-refractivity contribution in [2.24, 2.45) is 4.99 Å². The molecule has 2 aromatic heterocycles. The molecule has 0 saturated carbocycles. The molecule has 1 aliphatic rings. The second-order valence-electron chi connectivity index (χ2n) is 7.67. The van der Waals surface area contributed by atoms with E-state index in [1.165, 1.54) is 23.0 Å². The van der Waals surface area contributed by atoms with Gasteiger partial charge < -0.3 is 16.0 Å². The zero-order valence-electron chi connectivity index (χ0n) is 19.1. The Labute approximate surface area is 198 Å². The van der Waals surface area contributed by atoms with Gasteiger partial charge in [-0.25, -0.2) is 15.0 Å². The van der Waals surface area contributed by atoms with Gasteiger partial charge in [-0.3, -0.25) is 5.41 Å². The van der Waals surface area contributed by atoms with Gasteiger partial charge in [0.15, 0.2) is 0 Å². The number of aromatic nitrogens is 2. The molecule has 0 aliphatic carbocycles. The van der Waals surface area contributed by atoms with Crippen LogP contribution in [0.2, 0.25) is 0 Å². The summed E-state index contributed by atoms with van der Waals surface area (Å²) in [6.07, 6.45) is 2.99. The van der Waals surface area contributed by atoms with Crippen LogP contribution in [0.5, 0.6) is 0 Å². The standard InChI is InChI=1S/C25H27N7S/c1-4-6-10-19(26)22-23(27)29-15-30-24(22)28-12-21-31-25-18(16(3)14-33-25)13-32(21)20-11-8-7-9-17(20)5-2/h7-9,11,14-15,26H,4-5,12-13H2,1-3H3,(H3,27,28,29,30). The molecule has 1 aliphatic heterocycles. The normalized spacial score (nSPS) is 12.5. The molecule has 3 heterocycles. The van der Waals surface area contributed by atoms with Gasteiger partial charge in [-0.1, -0.05) is 38.0 Å². The van der Waals surface area contributed by atoms with Crippen molar-refractivity contribution in [3.05, 3.63) is 58.2 Å². The zero-order valence-corrected chi connectivity index (χ0v) is 19.9. The molecular formula is C25H27N7S. The summed E-state index contributed by atoms with van der Waals surface area (Å²) in [5.41, 5.74) is 11.6. The smallest absolute Gasteiger partial charge is 0.142 e. The summed E-state index contributed by atoms with van der Waals surface area (Å²) in [5.74, 6) is 7.35. The number of para-hydroxylation sites is 1. The highest BCUT2D eigenvalue weighted by atomic mass is 32.1. The van der Waals surface area contributed by atoms with E-state index in [4.69, 9.17) is 16.1 Å². The van der Waals surface area contributed by atoms with Gasteiger partial charge in [-0.15, -0.1) is 11.3 Å². The Kier molecular flexibility index (Phi) is 6.71. The number of nitrogens with two attached hydrogens (primary N) is 1. The molecule has 168 valence electrons. The maximum absolute atomic E-state index is 8.35. The van der Waals surface area contributed by atoms with E-state index in [9.17, 15) is 0 Å². The Morgan fingerprint density at radius 3 is 2.88 bits per heavy atom. The first-order valence-electron chi connectivity index (χ1n) is 11.0. The largest absolute Gasteiger partial charge is 0.383 e. The van der Waals surface area contributed by atoms with Crippen molar-refractivity contribution in [2.75, 3.05) is 22.5 Å². The molecule has 33 heavy (non-hydrogen) atoms. The fraction of sp³-hybridized carbons (Fsp3) is 0.280. The van der Waals surface area contributed by atoms with Crippen LogP contribution in [0.4, 0.5) is 22.3 Å². The van der Waals surface area contributed by atoms with E-state index in [2.05, 4.69) is 75.5 Å². The van der Waals surface area contributed by atoms with Gasteiger partial charge in [0, 0.05) is 17.7 Å². The quantitative estimate of drug-likeness (QED) is 0.359. The third-order valence-corrected chi connectivity index (χ3v) is 6.57. The van der Waals surface area contributed by atoms with Crippen LogP contribution in [0.1, 0.15) is 42.5 Å². The topological polar surface area (TPSA) is 103 Å². The molecule has 0 saturated heterocycles. The number of aliphatic imine (C=N–C) groups is 1. The number of rotatable bonds is 6. The number of fused-ring (bicyclic) bond motifs is 1. The second kappa shape index (κ2) is 9.84. The van der Waals surface area contributed by atoms with Crippen molar-refractivity contribution in [1.29, 1.82) is 5.41 Å². The Morgan fingerprint density at radius 2 is 2.09 bits per heavy atom. The maximum Gasteiger partial charge on any atom is 0.142 e. The van der Waals surface area contributed by atoms with E-state index >= 15 is 0 Å². The molecule has 0 atom stereocenters. The van der Waals surface area contributed by atoms with E-state index in [0.717, 1.165) is 29.5 Å². The Balaban J connectivity index is 1.69. The first-order chi connectivity index (χ1) is 16.0. The maximum atomic E-state index is 8.35. The van der Waals surface area contributed by atoms with Gasteiger partial charge in [-0.05, 0) is 41.8 Å². The molecule has 4 N–H and O–H groups in total. The Hall–Kier alpha value is -3.70. The highest BCUT2D eigenvalue weighted by molar-refractivity contribution is 7.14. The lowest BCUT2D eigenvalue weighted by atomic mass is 10.1. The van der Waals surface area contributed by atoms with Gasteiger partial charge >= 0.3 is 0 Å². The number of hydrogen-bond acceptors (Lipinski definition) is 8. The van der Waals surface area contributed by atoms with Gasteiger partial charge in [-0.2, -0.15) is 0 Å². The number of nitrogen functional groups attached to an aromatic ring is 1. The molecule has 0 amide bonds. The molecule has 0 spiro atoms. The number of hydrogen-bond donors (Lipinski definition) is 3. The number of amidine groups is 1. The van der Waals surface area contributed by atoms with Crippen molar-refractivity contribution < 1.29 is 0 Å². The molecule has 3 aromatic rings. The summed E-state index contributed by atoms with van der Waals surface area (Å²) in [6.45, 7) is 7.43. The third kappa shape index (κ3) is 4.59. The van der Waals surface area contributed by atoms with E-state index in [1.807, 2.05) is 6.92 Å². The second-order valence-corrected chi connectivity index (χ2v) is 8.52. The Bertz CT molecular complexity index is 1280. The highest BCUT2D eigenvalue weighted by Gasteiger charge is 2.25. The lowest BCUT2D eigenvalue weighted by molar-refractivity contribution is 0.946. The summed E-state index contributed by atoms with van der Waals surface area (Å²) in [5, 5.41) is 14.9. The summed E-state index contributed by atoms with van der Waals surface area (Å²) in [7, 11) is 0.